The number of hydrogen-bond donors (Lipinski definition) is 1. The number of benzene rings is 2. The standard InChI is InChI=1S/C22H19NO5/c1-14(24)16-6-4-7-17(13-16)19-9-10-20(28-19)22(26)23-18-8-3-5-15(11-18)12-21(25)27-2/h3-11,13H,12H2,1-2H3,(H,23,26). The summed E-state index contributed by atoms with van der Waals surface area (Å²) in [5, 5.41) is 2.75. The second-order valence-corrected chi connectivity index (χ2v) is 6.21. The van der Waals surface area contributed by atoms with Gasteiger partial charge in [-0.3, -0.25) is 14.4 Å². The van der Waals surface area contributed by atoms with Crippen LogP contribution in [0.3, 0.4) is 0 Å². The summed E-state index contributed by atoms with van der Waals surface area (Å²) in [7, 11) is 1.33. The van der Waals surface area contributed by atoms with E-state index in [2.05, 4.69) is 10.1 Å². The van der Waals surface area contributed by atoms with Crippen molar-refractivity contribution in [3.05, 3.63) is 77.6 Å². The zero-order valence-electron chi connectivity index (χ0n) is 15.5. The molecule has 0 radical (unpaired) electrons. The van der Waals surface area contributed by atoms with Gasteiger partial charge in [0.25, 0.3) is 5.91 Å². The molecule has 0 bridgehead atoms. The van der Waals surface area contributed by atoms with Crippen molar-refractivity contribution in [3.63, 3.8) is 0 Å². The van der Waals surface area contributed by atoms with Crippen molar-refractivity contribution >= 4 is 23.3 Å². The van der Waals surface area contributed by atoms with Crippen LogP contribution in [0.2, 0.25) is 0 Å². The number of methoxy groups -OCH3 is 1. The molecule has 0 unspecified atom stereocenters. The van der Waals surface area contributed by atoms with Crippen LogP contribution in [0.25, 0.3) is 11.3 Å². The van der Waals surface area contributed by atoms with Crippen LogP contribution in [-0.4, -0.2) is 24.8 Å². The molecule has 6 nitrogen and oxygen atoms in total. The molecule has 0 aliphatic carbocycles. The van der Waals surface area contributed by atoms with Crippen LogP contribution in [0, 0.1) is 0 Å². The Kier molecular flexibility index (Phi) is 5.69. The number of carbonyl (C=O) groups is 3. The topological polar surface area (TPSA) is 85.6 Å². The van der Waals surface area contributed by atoms with Gasteiger partial charge in [0.15, 0.2) is 11.5 Å². The van der Waals surface area contributed by atoms with Crippen molar-refractivity contribution in [2.75, 3.05) is 12.4 Å². The number of carbonyl (C=O) groups excluding carboxylic acids is 3. The van der Waals surface area contributed by atoms with E-state index in [1.54, 1.807) is 54.6 Å². The quantitative estimate of drug-likeness (QED) is 0.516. The molecular weight excluding hydrogens is 358 g/mol. The molecule has 0 spiro atoms. The molecule has 142 valence electrons. The lowest BCUT2D eigenvalue weighted by molar-refractivity contribution is -0.139. The number of anilines is 1. The molecular formula is C22H19NO5. The lowest BCUT2D eigenvalue weighted by Crippen LogP contribution is -2.11. The predicted molar refractivity (Wildman–Crippen MR) is 104 cm³/mol. The molecule has 0 saturated carbocycles. The Morgan fingerprint density at radius 2 is 1.79 bits per heavy atom. The molecule has 3 rings (SSSR count). The molecule has 28 heavy (non-hydrogen) atoms. The summed E-state index contributed by atoms with van der Waals surface area (Å²) < 4.78 is 10.3. The third-order valence-corrected chi connectivity index (χ3v) is 4.14. The van der Waals surface area contributed by atoms with Gasteiger partial charge >= 0.3 is 5.97 Å². The number of nitrogens with one attached hydrogen (secondary N) is 1. The maximum absolute atomic E-state index is 12.5. The maximum atomic E-state index is 12.5. The number of furan rings is 1. The van der Waals surface area contributed by atoms with Crippen molar-refractivity contribution in [1.29, 1.82) is 0 Å². The summed E-state index contributed by atoms with van der Waals surface area (Å²) in [6.07, 6.45) is 0.123. The highest BCUT2D eigenvalue weighted by molar-refractivity contribution is 6.02. The number of esters is 1. The fourth-order valence-corrected chi connectivity index (χ4v) is 2.70. The smallest absolute Gasteiger partial charge is 0.309 e. The first kappa shape index (κ1) is 19.1. The largest absolute Gasteiger partial charge is 0.469 e. The molecule has 0 saturated heterocycles. The number of ether oxygens (including phenoxy) is 1. The van der Waals surface area contributed by atoms with Crippen molar-refractivity contribution < 1.29 is 23.5 Å². The summed E-state index contributed by atoms with van der Waals surface area (Å²) in [4.78, 5) is 35.4. The second-order valence-electron chi connectivity index (χ2n) is 6.21. The van der Waals surface area contributed by atoms with Crippen LogP contribution in [-0.2, 0) is 16.0 Å². The molecule has 1 aromatic heterocycles. The van der Waals surface area contributed by atoms with Gasteiger partial charge in [0.05, 0.1) is 13.5 Å². The van der Waals surface area contributed by atoms with Crippen LogP contribution in [0.4, 0.5) is 5.69 Å². The van der Waals surface area contributed by atoms with Gasteiger partial charge in [0.1, 0.15) is 5.76 Å². The molecule has 0 aliphatic rings. The zero-order valence-corrected chi connectivity index (χ0v) is 15.5. The Morgan fingerprint density at radius 1 is 1.00 bits per heavy atom. The lowest BCUT2D eigenvalue weighted by atomic mass is 10.1. The third-order valence-electron chi connectivity index (χ3n) is 4.14. The molecule has 1 heterocycles. The Bertz CT molecular complexity index is 1030. The number of amides is 1. The monoisotopic (exact) mass is 377 g/mol. The van der Waals surface area contributed by atoms with Gasteiger partial charge in [-0.25, -0.2) is 0 Å². The van der Waals surface area contributed by atoms with E-state index in [9.17, 15) is 14.4 Å². The van der Waals surface area contributed by atoms with Gasteiger partial charge in [0, 0.05) is 16.8 Å². The summed E-state index contributed by atoms with van der Waals surface area (Å²) in [6.45, 7) is 1.49. The van der Waals surface area contributed by atoms with Gasteiger partial charge in [0.2, 0.25) is 0 Å². The molecule has 0 aliphatic heterocycles. The second kappa shape index (κ2) is 8.35. The van der Waals surface area contributed by atoms with Crippen molar-refractivity contribution in [2.24, 2.45) is 0 Å². The zero-order chi connectivity index (χ0) is 20.1. The third kappa shape index (κ3) is 4.54. The fourth-order valence-electron chi connectivity index (χ4n) is 2.70. The summed E-state index contributed by atoms with van der Waals surface area (Å²) in [5.41, 5.74) is 2.56. The molecule has 3 aromatic rings. The highest BCUT2D eigenvalue weighted by Gasteiger charge is 2.14. The summed E-state index contributed by atoms with van der Waals surface area (Å²) in [5.74, 6) is -0.177. The first-order valence-corrected chi connectivity index (χ1v) is 8.64. The fraction of sp³-hybridized carbons (Fsp3) is 0.136. The number of hydrogen-bond acceptors (Lipinski definition) is 5. The molecule has 6 heteroatoms. The van der Waals surface area contributed by atoms with E-state index >= 15 is 0 Å². The average Bonchev–Trinajstić information content (AvgIpc) is 3.18. The van der Waals surface area contributed by atoms with Gasteiger partial charge in [-0.05, 0) is 42.8 Å². The van der Waals surface area contributed by atoms with E-state index in [4.69, 9.17) is 4.42 Å². The van der Waals surface area contributed by atoms with Crippen molar-refractivity contribution in [2.45, 2.75) is 13.3 Å². The van der Waals surface area contributed by atoms with Crippen LogP contribution in [0.5, 0.6) is 0 Å². The van der Waals surface area contributed by atoms with E-state index < -0.39 is 5.91 Å². The summed E-state index contributed by atoms with van der Waals surface area (Å²) in [6, 6.07) is 17.2. The Morgan fingerprint density at radius 3 is 2.54 bits per heavy atom. The SMILES string of the molecule is COC(=O)Cc1cccc(NC(=O)c2ccc(-c3cccc(C(C)=O)c3)o2)c1. The molecule has 1 N–H and O–H groups in total. The highest BCUT2D eigenvalue weighted by atomic mass is 16.5. The van der Waals surface area contributed by atoms with E-state index in [0.29, 0.717) is 22.6 Å². The number of ketones is 1. The van der Waals surface area contributed by atoms with Crippen molar-refractivity contribution in [3.8, 4) is 11.3 Å². The Balaban J connectivity index is 1.74. The molecule has 0 atom stereocenters. The minimum Gasteiger partial charge on any atom is -0.469 e. The van der Waals surface area contributed by atoms with Gasteiger partial charge in [-0.1, -0.05) is 30.3 Å². The van der Waals surface area contributed by atoms with E-state index in [0.717, 1.165) is 5.56 Å². The Hall–Kier alpha value is -3.67. The van der Waals surface area contributed by atoms with Crippen molar-refractivity contribution in [1.82, 2.24) is 0 Å². The van der Waals surface area contributed by atoms with Gasteiger partial charge in [-0.15, -0.1) is 0 Å². The molecule has 2 aromatic carbocycles. The van der Waals surface area contributed by atoms with E-state index in [-0.39, 0.29) is 23.9 Å². The van der Waals surface area contributed by atoms with E-state index in [1.807, 2.05) is 6.07 Å². The van der Waals surface area contributed by atoms with E-state index in [1.165, 1.54) is 14.0 Å². The van der Waals surface area contributed by atoms with Crippen LogP contribution < -0.4 is 5.32 Å². The minimum atomic E-state index is -0.413. The highest BCUT2D eigenvalue weighted by Crippen LogP contribution is 2.24. The normalized spacial score (nSPS) is 10.4. The first-order chi connectivity index (χ1) is 13.5. The minimum absolute atomic E-state index is 0.0433. The average molecular weight is 377 g/mol. The number of rotatable bonds is 6. The number of Topliss-reactive ketones (excluding diaryl/α,β-unsaturated/α-hetero) is 1. The lowest BCUT2D eigenvalue weighted by Gasteiger charge is -2.06. The molecule has 1 amide bonds. The first-order valence-electron chi connectivity index (χ1n) is 8.64. The van der Waals surface area contributed by atoms with Crippen LogP contribution in [0.1, 0.15) is 33.4 Å². The maximum Gasteiger partial charge on any atom is 0.309 e. The van der Waals surface area contributed by atoms with Crippen LogP contribution in [0.15, 0.2) is 65.1 Å². The summed E-state index contributed by atoms with van der Waals surface area (Å²) >= 11 is 0. The Labute approximate surface area is 162 Å². The molecule has 0 fully saturated rings. The van der Waals surface area contributed by atoms with Gasteiger partial charge in [-0.2, -0.15) is 0 Å². The van der Waals surface area contributed by atoms with Crippen LogP contribution >= 0.6 is 0 Å². The van der Waals surface area contributed by atoms with Gasteiger partial charge < -0.3 is 14.5 Å². The predicted octanol–water partition coefficient (Wildman–Crippen LogP) is 4.12.